The fourth-order valence-electron chi connectivity index (χ4n) is 3.52. The van der Waals surface area contributed by atoms with E-state index in [0.29, 0.717) is 12.5 Å². The van der Waals surface area contributed by atoms with Crippen LogP contribution < -0.4 is 10.6 Å². The van der Waals surface area contributed by atoms with Crippen molar-refractivity contribution in [2.24, 2.45) is 4.99 Å². The number of hydrogen-bond donors (Lipinski definition) is 2. The van der Waals surface area contributed by atoms with E-state index in [-0.39, 0.29) is 24.0 Å². The zero-order valence-electron chi connectivity index (χ0n) is 19.0. The van der Waals surface area contributed by atoms with E-state index in [4.69, 9.17) is 4.52 Å². The first-order chi connectivity index (χ1) is 14.6. The van der Waals surface area contributed by atoms with Crippen molar-refractivity contribution in [2.45, 2.75) is 39.8 Å². The van der Waals surface area contributed by atoms with Gasteiger partial charge in [-0.25, -0.2) is 4.99 Å². The van der Waals surface area contributed by atoms with Gasteiger partial charge in [0.05, 0.1) is 5.69 Å². The molecule has 0 radical (unpaired) electrons. The Morgan fingerprint density at radius 2 is 1.81 bits per heavy atom. The SMILES string of the molecule is CCNC(=NCc1cc(C(C)C)no1)NCCN1CCN(Cc2ccccc2)CC1.I. The summed E-state index contributed by atoms with van der Waals surface area (Å²) in [5.74, 6) is 1.99. The molecule has 1 fully saturated rings. The van der Waals surface area contributed by atoms with Crippen LogP contribution in [0.3, 0.4) is 0 Å². The van der Waals surface area contributed by atoms with Crippen LogP contribution >= 0.6 is 24.0 Å². The van der Waals surface area contributed by atoms with Gasteiger partial charge in [0.25, 0.3) is 0 Å². The molecule has 1 aromatic carbocycles. The summed E-state index contributed by atoms with van der Waals surface area (Å²) in [4.78, 5) is 9.68. The third kappa shape index (κ3) is 8.78. The highest BCUT2D eigenvalue weighted by molar-refractivity contribution is 14.0. The monoisotopic (exact) mass is 540 g/mol. The smallest absolute Gasteiger partial charge is 0.191 e. The lowest BCUT2D eigenvalue weighted by molar-refractivity contribution is 0.129. The Morgan fingerprint density at radius 1 is 1.10 bits per heavy atom. The van der Waals surface area contributed by atoms with E-state index in [9.17, 15) is 0 Å². The highest BCUT2D eigenvalue weighted by atomic mass is 127. The minimum atomic E-state index is 0. The van der Waals surface area contributed by atoms with Gasteiger partial charge in [0.2, 0.25) is 0 Å². The molecule has 2 aromatic rings. The Bertz CT molecular complexity index is 771. The van der Waals surface area contributed by atoms with Crippen LogP contribution in [0.2, 0.25) is 0 Å². The lowest BCUT2D eigenvalue weighted by atomic mass is 10.1. The van der Waals surface area contributed by atoms with Gasteiger partial charge in [-0.05, 0) is 18.4 Å². The largest absolute Gasteiger partial charge is 0.359 e. The van der Waals surface area contributed by atoms with Crippen molar-refractivity contribution in [1.82, 2.24) is 25.6 Å². The molecule has 0 unspecified atom stereocenters. The first-order valence-electron chi connectivity index (χ1n) is 11.1. The van der Waals surface area contributed by atoms with Gasteiger partial charge in [0.1, 0.15) is 6.54 Å². The zero-order chi connectivity index (χ0) is 21.2. The third-order valence-electron chi connectivity index (χ3n) is 5.34. The Morgan fingerprint density at radius 3 is 2.45 bits per heavy atom. The second-order valence-electron chi connectivity index (χ2n) is 8.10. The van der Waals surface area contributed by atoms with Crippen LogP contribution in [0.25, 0.3) is 0 Å². The average molecular weight is 540 g/mol. The first kappa shape index (κ1) is 25.6. The van der Waals surface area contributed by atoms with Crippen LogP contribution in [0, 0.1) is 0 Å². The molecule has 0 bridgehead atoms. The maximum absolute atomic E-state index is 5.38. The third-order valence-corrected chi connectivity index (χ3v) is 5.34. The number of benzene rings is 1. The molecule has 0 amide bonds. The number of guanidine groups is 1. The molecule has 7 nitrogen and oxygen atoms in total. The standard InChI is InChI=1S/C23H36N6O.HI/c1-4-24-23(26-17-21-16-22(19(2)3)27-30-21)25-10-11-28-12-14-29(15-13-28)18-20-8-6-5-7-9-20;/h5-9,16,19H,4,10-15,17-18H2,1-3H3,(H2,24,25,26);1H. The number of nitrogens with one attached hydrogen (secondary N) is 2. The minimum Gasteiger partial charge on any atom is -0.359 e. The topological polar surface area (TPSA) is 68.9 Å². The summed E-state index contributed by atoms with van der Waals surface area (Å²) in [6, 6.07) is 12.7. The Balaban J connectivity index is 0.00000341. The average Bonchev–Trinajstić information content (AvgIpc) is 3.23. The molecule has 0 aliphatic carbocycles. The van der Waals surface area contributed by atoms with Crippen molar-refractivity contribution in [3.8, 4) is 0 Å². The maximum Gasteiger partial charge on any atom is 0.191 e. The van der Waals surface area contributed by atoms with Crippen molar-refractivity contribution < 1.29 is 4.52 Å². The number of piperazine rings is 1. The van der Waals surface area contributed by atoms with Crippen molar-refractivity contribution in [2.75, 3.05) is 45.8 Å². The summed E-state index contributed by atoms with van der Waals surface area (Å²) in [6.45, 7) is 15.0. The highest BCUT2D eigenvalue weighted by Crippen LogP contribution is 2.14. The van der Waals surface area contributed by atoms with Crippen molar-refractivity contribution in [1.29, 1.82) is 0 Å². The molecule has 0 atom stereocenters. The van der Waals surface area contributed by atoms with E-state index < -0.39 is 0 Å². The molecule has 3 rings (SSSR count). The van der Waals surface area contributed by atoms with Gasteiger partial charge >= 0.3 is 0 Å². The van der Waals surface area contributed by atoms with E-state index in [1.807, 2.05) is 6.07 Å². The van der Waals surface area contributed by atoms with Crippen LogP contribution in [-0.2, 0) is 13.1 Å². The molecule has 1 aromatic heterocycles. The number of halogens is 1. The Hall–Kier alpha value is -1.65. The second kappa shape index (κ2) is 13.7. The number of aromatic nitrogens is 1. The summed E-state index contributed by atoms with van der Waals surface area (Å²) in [5.41, 5.74) is 2.37. The molecule has 2 heterocycles. The second-order valence-corrected chi connectivity index (χ2v) is 8.10. The van der Waals surface area contributed by atoms with Crippen molar-refractivity contribution in [3.05, 3.63) is 53.4 Å². The number of rotatable bonds is 9. The van der Waals surface area contributed by atoms with E-state index in [1.165, 1.54) is 5.56 Å². The molecule has 0 spiro atoms. The predicted molar refractivity (Wildman–Crippen MR) is 137 cm³/mol. The van der Waals surface area contributed by atoms with Crippen LogP contribution in [0.15, 0.2) is 45.9 Å². The van der Waals surface area contributed by atoms with Gasteiger partial charge < -0.3 is 15.2 Å². The molecule has 1 aliphatic rings. The summed E-state index contributed by atoms with van der Waals surface area (Å²) >= 11 is 0. The minimum absolute atomic E-state index is 0. The van der Waals surface area contributed by atoms with Gasteiger partial charge in [-0.2, -0.15) is 0 Å². The number of hydrogen-bond acceptors (Lipinski definition) is 5. The van der Waals surface area contributed by atoms with Gasteiger partial charge in [0.15, 0.2) is 11.7 Å². The molecular weight excluding hydrogens is 503 g/mol. The van der Waals surface area contributed by atoms with E-state index >= 15 is 0 Å². The van der Waals surface area contributed by atoms with Gasteiger partial charge in [-0.3, -0.25) is 9.80 Å². The first-order valence-corrected chi connectivity index (χ1v) is 11.1. The molecular formula is C23H37IN6O. The summed E-state index contributed by atoms with van der Waals surface area (Å²) in [5, 5.41) is 10.8. The van der Waals surface area contributed by atoms with Crippen molar-refractivity contribution in [3.63, 3.8) is 0 Å². The molecule has 172 valence electrons. The molecule has 1 aliphatic heterocycles. The summed E-state index contributed by atoms with van der Waals surface area (Å²) in [7, 11) is 0. The fourth-order valence-corrected chi connectivity index (χ4v) is 3.52. The van der Waals surface area contributed by atoms with E-state index in [0.717, 1.165) is 69.8 Å². The fraction of sp³-hybridized carbons (Fsp3) is 0.565. The van der Waals surface area contributed by atoms with Crippen LogP contribution in [0.4, 0.5) is 0 Å². The Kier molecular flexibility index (Phi) is 11.3. The lowest BCUT2D eigenvalue weighted by Crippen LogP contribution is -2.49. The predicted octanol–water partition coefficient (Wildman–Crippen LogP) is 3.29. The van der Waals surface area contributed by atoms with Crippen molar-refractivity contribution >= 4 is 29.9 Å². The van der Waals surface area contributed by atoms with Gasteiger partial charge in [-0.15, -0.1) is 24.0 Å². The lowest BCUT2D eigenvalue weighted by Gasteiger charge is -2.34. The Labute approximate surface area is 203 Å². The van der Waals surface area contributed by atoms with Crippen LogP contribution in [0.1, 0.15) is 43.7 Å². The van der Waals surface area contributed by atoms with E-state index in [2.05, 4.69) is 81.7 Å². The summed E-state index contributed by atoms with van der Waals surface area (Å²) in [6.07, 6.45) is 0. The molecule has 1 saturated heterocycles. The molecule has 2 N–H and O–H groups in total. The number of aliphatic imine (C=N–C) groups is 1. The van der Waals surface area contributed by atoms with Gasteiger partial charge in [-0.1, -0.05) is 49.3 Å². The zero-order valence-corrected chi connectivity index (χ0v) is 21.3. The molecule has 0 saturated carbocycles. The van der Waals surface area contributed by atoms with Crippen LogP contribution in [0.5, 0.6) is 0 Å². The molecule has 31 heavy (non-hydrogen) atoms. The summed E-state index contributed by atoms with van der Waals surface area (Å²) < 4.78 is 5.38. The maximum atomic E-state index is 5.38. The highest BCUT2D eigenvalue weighted by Gasteiger charge is 2.16. The normalized spacial score (nSPS) is 15.7. The van der Waals surface area contributed by atoms with Gasteiger partial charge in [0, 0.05) is 58.4 Å². The number of nitrogens with zero attached hydrogens (tertiary/aromatic N) is 4. The quantitative estimate of drug-likeness (QED) is 0.289. The molecule has 8 heteroatoms. The van der Waals surface area contributed by atoms with E-state index in [1.54, 1.807) is 0 Å². The van der Waals surface area contributed by atoms with Crippen LogP contribution in [-0.4, -0.2) is 66.7 Å².